The fraction of sp³-hybridized carbons (Fsp3) is 0.704. The molecule has 0 radical (unpaired) electrons. The SMILES string of the molecule is CCCCC[C@H](C)/C=C/C=C\CCN=[N+]=[N-].CCCCC[C@H](C)/C=C/C=C\CCOS(C)(=O)=O. The van der Waals surface area contributed by atoms with Gasteiger partial charge in [0.15, 0.2) is 0 Å². The van der Waals surface area contributed by atoms with Crippen molar-refractivity contribution in [1.29, 1.82) is 0 Å². The van der Waals surface area contributed by atoms with Crippen LogP contribution in [0.15, 0.2) is 53.7 Å². The lowest BCUT2D eigenvalue weighted by atomic mass is 10.0. The molecule has 0 aromatic carbocycles. The summed E-state index contributed by atoms with van der Waals surface area (Å²) in [6, 6.07) is 0. The van der Waals surface area contributed by atoms with E-state index in [1.54, 1.807) is 0 Å². The van der Waals surface area contributed by atoms with Crippen molar-refractivity contribution < 1.29 is 12.6 Å². The Bertz CT molecular complexity index is 721. The third-order valence-electron chi connectivity index (χ3n) is 4.94. The van der Waals surface area contributed by atoms with Gasteiger partial charge in [0.1, 0.15) is 0 Å². The van der Waals surface area contributed by atoms with Crippen LogP contribution in [0.25, 0.3) is 10.4 Å². The first-order chi connectivity index (χ1) is 16.3. The Labute approximate surface area is 210 Å². The Morgan fingerprint density at radius 1 is 0.853 bits per heavy atom. The van der Waals surface area contributed by atoms with Gasteiger partial charge in [0, 0.05) is 11.5 Å². The van der Waals surface area contributed by atoms with E-state index in [2.05, 4.69) is 60.1 Å². The number of hydrogen-bond donors (Lipinski definition) is 0. The van der Waals surface area contributed by atoms with Crippen LogP contribution in [-0.4, -0.2) is 27.8 Å². The van der Waals surface area contributed by atoms with Crippen molar-refractivity contribution >= 4 is 10.1 Å². The monoisotopic (exact) mass is 495 g/mol. The van der Waals surface area contributed by atoms with Crippen LogP contribution in [0.2, 0.25) is 0 Å². The zero-order valence-corrected chi connectivity index (χ0v) is 23.0. The molecule has 0 aliphatic carbocycles. The predicted molar refractivity (Wildman–Crippen MR) is 147 cm³/mol. The third kappa shape index (κ3) is 32.4. The van der Waals surface area contributed by atoms with E-state index in [9.17, 15) is 8.42 Å². The smallest absolute Gasteiger partial charge is 0.264 e. The fourth-order valence-corrected chi connectivity index (χ4v) is 3.33. The highest BCUT2D eigenvalue weighted by molar-refractivity contribution is 7.85. The van der Waals surface area contributed by atoms with Crippen LogP contribution in [0.4, 0.5) is 0 Å². The molecule has 0 N–H and O–H groups in total. The van der Waals surface area contributed by atoms with Crippen LogP contribution in [0, 0.1) is 11.8 Å². The highest BCUT2D eigenvalue weighted by atomic mass is 32.2. The van der Waals surface area contributed by atoms with Crippen LogP contribution in [-0.2, 0) is 14.3 Å². The van der Waals surface area contributed by atoms with Crippen molar-refractivity contribution in [3.05, 3.63) is 59.1 Å². The van der Waals surface area contributed by atoms with Gasteiger partial charge in [0.2, 0.25) is 0 Å². The predicted octanol–water partition coefficient (Wildman–Crippen LogP) is 8.70. The summed E-state index contributed by atoms with van der Waals surface area (Å²) in [5.74, 6) is 1.27. The molecule has 0 amide bonds. The van der Waals surface area contributed by atoms with E-state index in [0.29, 0.717) is 24.8 Å². The average Bonchev–Trinajstić information content (AvgIpc) is 2.78. The Hall–Kier alpha value is -1.82. The summed E-state index contributed by atoms with van der Waals surface area (Å²) in [6.07, 6.45) is 29.3. The van der Waals surface area contributed by atoms with Crippen LogP contribution in [0.3, 0.4) is 0 Å². The van der Waals surface area contributed by atoms with Crippen molar-refractivity contribution in [2.75, 3.05) is 19.4 Å². The summed E-state index contributed by atoms with van der Waals surface area (Å²) in [5.41, 5.74) is 8.06. The Kier molecular flexibility index (Phi) is 26.1. The quantitative estimate of drug-likeness (QED) is 0.0448. The molecule has 0 saturated heterocycles. The number of nitrogens with zero attached hydrogens (tertiary/aromatic N) is 3. The van der Waals surface area contributed by atoms with Crippen molar-refractivity contribution in [3.63, 3.8) is 0 Å². The van der Waals surface area contributed by atoms with E-state index in [0.717, 1.165) is 12.7 Å². The van der Waals surface area contributed by atoms with E-state index >= 15 is 0 Å². The van der Waals surface area contributed by atoms with Gasteiger partial charge < -0.3 is 0 Å². The number of hydrogen-bond acceptors (Lipinski definition) is 4. The molecule has 0 bridgehead atoms. The number of unbranched alkanes of at least 4 members (excludes halogenated alkanes) is 4. The zero-order valence-electron chi connectivity index (χ0n) is 22.2. The number of azide groups is 1. The maximum Gasteiger partial charge on any atom is 0.264 e. The molecule has 6 nitrogen and oxygen atoms in total. The Balaban J connectivity index is 0. The molecule has 7 heteroatoms. The molecular weight excluding hydrogens is 446 g/mol. The largest absolute Gasteiger partial charge is 0.270 e. The highest BCUT2D eigenvalue weighted by Gasteiger charge is 1.98. The molecule has 0 spiro atoms. The van der Waals surface area contributed by atoms with Crippen LogP contribution < -0.4 is 0 Å². The highest BCUT2D eigenvalue weighted by Crippen LogP contribution is 2.11. The van der Waals surface area contributed by atoms with E-state index in [1.807, 2.05) is 30.4 Å². The summed E-state index contributed by atoms with van der Waals surface area (Å²) < 4.78 is 26.0. The lowest BCUT2D eigenvalue weighted by molar-refractivity contribution is 0.328. The summed E-state index contributed by atoms with van der Waals surface area (Å²) in [5, 5.41) is 3.46. The number of allylic oxidation sites excluding steroid dienone is 6. The van der Waals surface area contributed by atoms with E-state index < -0.39 is 10.1 Å². The lowest BCUT2D eigenvalue weighted by Crippen LogP contribution is -2.02. The molecule has 0 aromatic rings. The second kappa shape index (κ2) is 25.8. The normalized spacial score (nSPS) is 13.9. The maximum atomic E-state index is 10.7. The van der Waals surface area contributed by atoms with Gasteiger partial charge in [-0.15, -0.1) is 0 Å². The van der Waals surface area contributed by atoms with Crippen molar-refractivity contribution in [3.8, 4) is 0 Å². The molecule has 0 saturated carbocycles. The molecule has 0 aromatic heterocycles. The first-order valence-electron chi connectivity index (χ1n) is 12.8. The Morgan fingerprint density at radius 3 is 1.79 bits per heavy atom. The fourth-order valence-electron chi connectivity index (χ4n) is 2.93. The van der Waals surface area contributed by atoms with Gasteiger partial charge in [-0.3, -0.25) is 4.18 Å². The lowest BCUT2D eigenvalue weighted by Gasteiger charge is -2.03. The summed E-state index contributed by atoms with van der Waals surface area (Å²) in [4.78, 5) is 2.70. The van der Waals surface area contributed by atoms with Gasteiger partial charge >= 0.3 is 0 Å². The zero-order chi connectivity index (χ0) is 25.9. The van der Waals surface area contributed by atoms with Crippen LogP contribution >= 0.6 is 0 Å². The summed E-state index contributed by atoms with van der Waals surface area (Å²) in [7, 11) is -3.30. The van der Waals surface area contributed by atoms with Gasteiger partial charge in [-0.1, -0.05) is 120 Å². The molecule has 34 heavy (non-hydrogen) atoms. The van der Waals surface area contributed by atoms with Gasteiger partial charge in [0.05, 0.1) is 12.9 Å². The molecule has 0 aliphatic rings. The molecular formula is C27H49N3O3S. The molecule has 0 unspecified atom stereocenters. The molecule has 2 atom stereocenters. The van der Waals surface area contributed by atoms with E-state index in [-0.39, 0.29) is 6.61 Å². The second-order valence-corrected chi connectivity index (χ2v) is 10.3. The van der Waals surface area contributed by atoms with Gasteiger partial charge in [-0.05, 0) is 43.1 Å². The average molecular weight is 496 g/mol. The Morgan fingerprint density at radius 2 is 1.35 bits per heavy atom. The van der Waals surface area contributed by atoms with E-state index in [4.69, 9.17) is 5.53 Å². The minimum atomic E-state index is -3.30. The van der Waals surface area contributed by atoms with Crippen molar-refractivity contribution in [2.24, 2.45) is 17.0 Å². The third-order valence-corrected chi connectivity index (χ3v) is 5.54. The van der Waals surface area contributed by atoms with E-state index in [1.165, 1.54) is 51.4 Å². The first-order valence-corrected chi connectivity index (χ1v) is 14.6. The molecule has 0 rings (SSSR count). The van der Waals surface area contributed by atoms with Crippen molar-refractivity contribution in [1.82, 2.24) is 0 Å². The standard InChI is InChI=1S/C14H26O3S.C13H23N3/c1-4-5-8-11-14(2)12-9-6-7-10-13-17-18(3,15)16;1-3-4-7-10-13(2)11-8-5-6-9-12-15-16-14/h6-7,9,12,14H,4-5,8,10-11,13H2,1-3H3;5-6,8,11,13H,3-4,7,9-10,12H2,1-2H3/b7-6-,12-9+;6-5-,11-8+/t14-;13-/m00/s1. The minimum absolute atomic E-state index is 0.217. The molecule has 0 aliphatic heterocycles. The number of rotatable bonds is 19. The second-order valence-electron chi connectivity index (χ2n) is 8.63. The van der Waals surface area contributed by atoms with Gasteiger partial charge in [-0.2, -0.15) is 8.42 Å². The molecule has 196 valence electrons. The molecule has 0 heterocycles. The van der Waals surface area contributed by atoms with Crippen LogP contribution in [0.1, 0.15) is 91.9 Å². The first kappa shape index (κ1) is 34.3. The molecule has 0 fully saturated rings. The van der Waals surface area contributed by atoms with Crippen molar-refractivity contribution in [2.45, 2.75) is 91.9 Å². The maximum absolute atomic E-state index is 10.7. The van der Waals surface area contributed by atoms with Crippen LogP contribution in [0.5, 0.6) is 0 Å². The summed E-state index contributed by atoms with van der Waals surface area (Å²) in [6.45, 7) is 9.67. The minimum Gasteiger partial charge on any atom is -0.270 e. The van der Waals surface area contributed by atoms with Gasteiger partial charge in [-0.25, -0.2) is 0 Å². The summed E-state index contributed by atoms with van der Waals surface area (Å²) >= 11 is 0. The van der Waals surface area contributed by atoms with Gasteiger partial charge in [0.25, 0.3) is 10.1 Å². The topological polar surface area (TPSA) is 92.1 Å².